The Kier molecular flexibility index (Phi) is 4.64. The maximum absolute atomic E-state index is 10.6. The second kappa shape index (κ2) is 6.44. The highest BCUT2D eigenvalue weighted by Gasteiger charge is 2.07. The molecular formula is C12H12BrN3O3. The van der Waals surface area contributed by atoms with Crippen molar-refractivity contribution in [3.8, 4) is 0 Å². The zero-order chi connectivity index (χ0) is 13.7. The van der Waals surface area contributed by atoms with Crippen LogP contribution in [0.1, 0.15) is 16.1 Å². The van der Waals surface area contributed by atoms with Gasteiger partial charge >= 0.3 is 5.97 Å². The third kappa shape index (κ3) is 3.87. The van der Waals surface area contributed by atoms with Gasteiger partial charge in [0.05, 0.1) is 26.0 Å². The summed E-state index contributed by atoms with van der Waals surface area (Å²) in [4.78, 5) is 10.6. The van der Waals surface area contributed by atoms with Gasteiger partial charge in [-0.25, -0.2) is 9.48 Å². The molecule has 0 fully saturated rings. The van der Waals surface area contributed by atoms with E-state index in [0.717, 1.165) is 10.0 Å². The summed E-state index contributed by atoms with van der Waals surface area (Å²) in [5.74, 6) is -1.08. The van der Waals surface area contributed by atoms with E-state index in [1.807, 2.05) is 24.3 Å². The van der Waals surface area contributed by atoms with Crippen molar-refractivity contribution in [2.45, 2.75) is 13.2 Å². The highest BCUT2D eigenvalue weighted by Crippen LogP contribution is 2.16. The zero-order valence-corrected chi connectivity index (χ0v) is 11.6. The molecule has 2 aromatic rings. The molecule has 0 unspecified atom stereocenters. The van der Waals surface area contributed by atoms with E-state index in [1.54, 1.807) is 0 Å². The van der Waals surface area contributed by atoms with Crippen molar-refractivity contribution in [2.75, 3.05) is 6.61 Å². The van der Waals surface area contributed by atoms with E-state index < -0.39 is 5.97 Å². The highest BCUT2D eigenvalue weighted by atomic mass is 79.9. The molecule has 0 aliphatic rings. The number of carboxylic acid groups (broad SMARTS) is 1. The van der Waals surface area contributed by atoms with Crippen LogP contribution in [-0.2, 0) is 17.9 Å². The largest absolute Gasteiger partial charge is 0.476 e. The van der Waals surface area contributed by atoms with Gasteiger partial charge in [-0.05, 0) is 11.6 Å². The second-order valence-corrected chi connectivity index (χ2v) is 4.67. The summed E-state index contributed by atoms with van der Waals surface area (Å²) < 4.78 is 7.96. The van der Waals surface area contributed by atoms with E-state index >= 15 is 0 Å². The number of aromatic carboxylic acids is 1. The number of hydrogen-bond donors (Lipinski definition) is 1. The molecule has 0 aliphatic heterocycles. The van der Waals surface area contributed by atoms with Crippen molar-refractivity contribution in [1.82, 2.24) is 15.0 Å². The first-order chi connectivity index (χ1) is 9.16. The summed E-state index contributed by atoms with van der Waals surface area (Å²) >= 11 is 3.44. The van der Waals surface area contributed by atoms with E-state index in [-0.39, 0.29) is 5.69 Å². The molecule has 0 saturated heterocycles. The number of carboxylic acids is 1. The highest BCUT2D eigenvalue weighted by molar-refractivity contribution is 9.10. The number of benzene rings is 1. The van der Waals surface area contributed by atoms with Crippen LogP contribution in [-0.4, -0.2) is 32.7 Å². The molecule has 0 spiro atoms. The summed E-state index contributed by atoms with van der Waals surface area (Å²) in [5, 5.41) is 15.9. The van der Waals surface area contributed by atoms with Crippen LogP contribution in [0.5, 0.6) is 0 Å². The van der Waals surface area contributed by atoms with Gasteiger partial charge in [0, 0.05) is 4.47 Å². The summed E-state index contributed by atoms with van der Waals surface area (Å²) in [6.45, 7) is 1.39. The monoisotopic (exact) mass is 325 g/mol. The van der Waals surface area contributed by atoms with Gasteiger partial charge in [0.2, 0.25) is 0 Å². The van der Waals surface area contributed by atoms with Crippen LogP contribution in [0.25, 0.3) is 0 Å². The van der Waals surface area contributed by atoms with Gasteiger partial charge in [0.25, 0.3) is 0 Å². The van der Waals surface area contributed by atoms with Crippen LogP contribution in [0.4, 0.5) is 0 Å². The lowest BCUT2D eigenvalue weighted by atomic mass is 10.2. The third-order valence-corrected chi connectivity index (χ3v) is 3.21. The van der Waals surface area contributed by atoms with Gasteiger partial charge in [-0.2, -0.15) is 0 Å². The molecule has 2 rings (SSSR count). The predicted octanol–water partition coefficient (Wildman–Crippen LogP) is 1.96. The van der Waals surface area contributed by atoms with Gasteiger partial charge in [0.1, 0.15) is 0 Å². The molecule has 19 heavy (non-hydrogen) atoms. The molecule has 0 bridgehead atoms. The first-order valence-corrected chi connectivity index (χ1v) is 6.40. The number of halogens is 1. The quantitative estimate of drug-likeness (QED) is 0.821. The second-order valence-electron chi connectivity index (χ2n) is 3.82. The Hall–Kier alpha value is -1.73. The first kappa shape index (κ1) is 13.7. The van der Waals surface area contributed by atoms with Crippen molar-refractivity contribution in [2.24, 2.45) is 0 Å². The van der Waals surface area contributed by atoms with Crippen molar-refractivity contribution >= 4 is 21.9 Å². The average molecular weight is 326 g/mol. The van der Waals surface area contributed by atoms with Crippen molar-refractivity contribution < 1.29 is 14.6 Å². The molecule has 1 aromatic carbocycles. The average Bonchev–Trinajstić information content (AvgIpc) is 2.85. The van der Waals surface area contributed by atoms with Crippen molar-refractivity contribution in [3.63, 3.8) is 0 Å². The molecule has 7 heteroatoms. The Morgan fingerprint density at radius 3 is 2.89 bits per heavy atom. The number of carbonyl (C=O) groups is 1. The Balaban J connectivity index is 1.77. The lowest BCUT2D eigenvalue weighted by molar-refractivity contribution is 0.0690. The number of aromatic nitrogens is 3. The molecular weight excluding hydrogens is 314 g/mol. The van der Waals surface area contributed by atoms with Crippen LogP contribution >= 0.6 is 15.9 Å². The zero-order valence-electron chi connectivity index (χ0n) is 9.99. The van der Waals surface area contributed by atoms with Crippen LogP contribution in [0.3, 0.4) is 0 Å². The van der Waals surface area contributed by atoms with Crippen molar-refractivity contribution in [3.05, 3.63) is 46.2 Å². The molecule has 0 atom stereocenters. The lowest BCUT2D eigenvalue weighted by Crippen LogP contribution is -2.07. The minimum Gasteiger partial charge on any atom is -0.476 e. The summed E-state index contributed by atoms with van der Waals surface area (Å²) in [7, 11) is 0. The predicted molar refractivity (Wildman–Crippen MR) is 70.8 cm³/mol. The van der Waals surface area contributed by atoms with Gasteiger partial charge < -0.3 is 9.84 Å². The van der Waals surface area contributed by atoms with E-state index in [0.29, 0.717) is 19.8 Å². The fraction of sp³-hybridized carbons (Fsp3) is 0.250. The Morgan fingerprint density at radius 1 is 1.42 bits per heavy atom. The molecule has 1 N–H and O–H groups in total. The van der Waals surface area contributed by atoms with Gasteiger partial charge in [-0.1, -0.05) is 39.3 Å². The van der Waals surface area contributed by atoms with Gasteiger partial charge in [-0.3, -0.25) is 0 Å². The number of hydrogen-bond acceptors (Lipinski definition) is 4. The molecule has 6 nitrogen and oxygen atoms in total. The van der Waals surface area contributed by atoms with Crippen LogP contribution in [0.2, 0.25) is 0 Å². The van der Waals surface area contributed by atoms with Gasteiger partial charge in [0.15, 0.2) is 5.69 Å². The fourth-order valence-corrected chi connectivity index (χ4v) is 1.86. The van der Waals surface area contributed by atoms with Crippen LogP contribution < -0.4 is 0 Å². The molecule has 0 radical (unpaired) electrons. The van der Waals surface area contributed by atoms with Crippen LogP contribution in [0.15, 0.2) is 34.9 Å². The Bertz CT molecular complexity index is 571. The molecule has 0 aliphatic carbocycles. The molecule has 1 heterocycles. The normalized spacial score (nSPS) is 10.6. The maximum Gasteiger partial charge on any atom is 0.358 e. The number of nitrogens with zero attached hydrogens (tertiary/aromatic N) is 3. The summed E-state index contributed by atoms with van der Waals surface area (Å²) in [6.07, 6.45) is 1.38. The first-order valence-electron chi connectivity index (χ1n) is 5.61. The van der Waals surface area contributed by atoms with E-state index in [2.05, 4.69) is 26.2 Å². The summed E-state index contributed by atoms with van der Waals surface area (Å²) in [5.41, 5.74) is 0.998. The Morgan fingerprint density at radius 2 is 2.21 bits per heavy atom. The SMILES string of the molecule is O=C(O)c1cn(CCOCc2ccccc2Br)nn1. The molecule has 0 saturated carbocycles. The van der Waals surface area contributed by atoms with E-state index in [9.17, 15) is 4.79 Å². The van der Waals surface area contributed by atoms with E-state index in [4.69, 9.17) is 9.84 Å². The number of ether oxygens (including phenoxy) is 1. The standard InChI is InChI=1S/C12H12BrN3O3/c13-10-4-2-1-3-9(10)8-19-6-5-16-7-11(12(17)18)14-15-16/h1-4,7H,5-6,8H2,(H,17,18). The number of rotatable bonds is 6. The molecule has 0 amide bonds. The van der Waals surface area contributed by atoms with Gasteiger partial charge in [-0.15, -0.1) is 5.10 Å². The van der Waals surface area contributed by atoms with E-state index in [1.165, 1.54) is 10.9 Å². The van der Waals surface area contributed by atoms with Crippen molar-refractivity contribution in [1.29, 1.82) is 0 Å². The van der Waals surface area contributed by atoms with Crippen LogP contribution in [0, 0.1) is 0 Å². The lowest BCUT2D eigenvalue weighted by Gasteiger charge is -2.05. The fourth-order valence-electron chi connectivity index (χ4n) is 1.46. The molecule has 100 valence electrons. The minimum absolute atomic E-state index is 0.0641. The molecule has 1 aromatic heterocycles. The maximum atomic E-state index is 10.6. The Labute approximate surface area is 118 Å². The summed E-state index contributed by atoms with van der Waals surface area (Å²) in [6, 6.07) is 7.81. The third-order valence-electron chi connectivity index (χ3n) is 2.44. The smallest absolute Gasteiger partial charge is 0.358 e. The topological polar surface area (TPSA) is 77.2 Å². The minimum atomic E-state index is -1.08.